The van der Waals surface area contributed by atoms with Crippen LogP contribution in [-0.2, 0) is 0 Å². The lowest BCUT2D eigenvalue weighted by Crippen LogP contribution is -2.13. The minimum absolute atomic E-state index is 0.254. The van der Waals surface area contributed by atoms with Crippen molar-refractivity contribution < 1.29 is 9.47 Å². The molecule has 104 valence electrons. The van der Waals surface area contributed by atoms with Gasteiger partial charge in [-0.05, 0) is 29.3 Å². The van der Waals surface area contributed by atoms with Gasteiger partial charge in [0, 0.05) is 23.3 Å². The Morgan fingerprint density at radius 2 is 1.95 bits per heavy atom. The van der Waals surface area contributed by atoms with Gasteiger partial charge in [-0.3, -0.25) is 4.98 Å². The Morgan fingerprint density at radius 1 is 1.20 bits per heavy atom. The van der Waals surface area contributed by atoms with E-state index in [1.807, 2.05) is 24.3 Å². The van der Waals surface area contributed by atoms with Crippen LogP contribution in [0.4, 0.5) is 0 Å². The van der Waals surface area contributed by atoms with E-state index in [4.69, 9.17) is 15.2 Å². The van der Waals surface area contributed by atoms with Gasteiger partial charge in [0.05, 0.1) is 19.3 Å². The van der Waals surface area contributed by atoms with Crippen LogP contribution in [0.5, 0.6) is 11.5 Å². The van der Waals surface area contributed by atoms with Crippen LogP contribution in [0.3, 0.4) is 0 Å². The zero-order chi connectivity index (χ0) is 13.9. The summed E-state index contributed by atoms with van der Waals surface area (Å²) in [5.74, 6) is 1.51. The number of hydrogen-bond donors (Lipinski definition) is 1. The van der Waals surface area contributed by atoms with E-state index >= 15 is 0 Å². The van der Waals surface area contributed by atoms with Crippen molar-refractivity contribution in [3.05, 3.63) is 52.3 Å². The normalized spacial score (nSPS) is 15.5. The van der Waals surface area contributed by atoms with Crippen molar-refractivity contribution in [1.29, 1.82) is 0 Å². The molecule has 2 heterocycles. The maximum Gasteiger partial charge on any atom is 0.162 e. The van der Waals surface area contributed by atoms with E-state index in [1.165, 1.54) is 0 Å². The highest BCUT2D eigenvalue weighted by molar-refractivity contribution is 9.10. The van der Waals surface area contributed by atoms with Crippen LogP contribution in [0.15, 0.2) is 41.1 Å². The fourth-order valence-corrected chi connectivity index (χ4v) is 2.75. The van der Waals surface area contributed by atoms with Gasteiger partial charge >= 0.3 is 0 Å². The molecule has 0 bridgehead atoms. The summed E-state index contributed by atoms with van der Waals surface area (Å²) in [6, 6.07) is 7.46. The third-order valence-corrected chi connectivity index (χ3v) is 3.93. The van der Waals surface area contributed by atoms with E-state index in [2.05, 4.69) is 20.9 Å². The maximum atomic E-state index is 6.32. The highest BCUT2D eigenvalue weighted by atomic mass is 79.9. The molecule has 20 heavy (non-hydrogen) atoms. The van der Waals surface area contributed by atoms with Gasteiger partial charge in [-0.1, -0.05) is 22.0 Å². The summed E-state index contributed by atoms with van der Waals surface area (Å²) in [5.41, 5.74) is 8.24. The van der Waals surface area contributed by atoms with Crippen molar-refractivity contribution in [1.82, 2.24) is 4.98 Å². The number of halogens is 1. The molecular weight excluding hydrogens is 320 g/mol. The maximum absolute atomic E-state index is 6.32. The molecule has 1 aliphatic rings. The summed E-state index contributed by atoms with van der Waals surface area (Å²) >= 11 is 3.56. The number of hydrogen-bond acceptors (Lipinski definition) is 4. The molecule has 1 unspecified atom stereocenters. The number of rotatable bonds is 2. The fraction of sp³-hybridized carbons (Fsp3) is 0.267. The average Bonchev–Trinajstić information content (AvgIpc) is 2.71. The van der Waals surface area contributed by atoms with Gasteiger partial charge in [-0.2, -0.15) is 0 Å². The molecule has 3 rings (SSSR count). The first-order chi connectivity index (χ1) is 9.75. The summed E-state index contributed by atoms with van der Waals surface area (Å²) in [6.07, 6.45) is 4.40. The minimum Gasteiger partial charge on any atom is -0.490 e. The van der Waals surface area contributed by atoms with Gasteiger partial charge < -0.3 is 15.2 Å². The molecule has 5 heteroatoms. The monoisotopic (exact) mass is 334 g/mol. The van der Waals surface area contributed by atoms with Crippen molar-refractivity contribution in [3.63, 3.8) is 0 Å². The van der Waals surface area contributed by atoms with E-state index in [9.17, 15) is 0 Å². The van der Waals surface area contributed by atoms with Crippen LogP contribution in [0.25, 0.3) is 0 Å². The molecular formula is C15H15BrN2O2. The molecule has 1 atom stereocenters. The van der Waals surface area contributed by atoms with Crippen molar-refractivity contribution in [2.45, 2.75) is 12.5 Å². The van der Waals surface area contributed by atoms with Gasteiger partial charge in [0.1, 0.15) is 0 Å². The molecule has 0 aliphatic carbocycles. The largest absolute Gasteiger partial charge is 0.490 e. The van der Waals surface area contributed by atoms with Crippen molar-refractivity contribution in [2.24, 2.45) is 5.73 Å². The highest BCUT2D eigenvalue weighted by Gasteiger charge is 2.18. The zero-order valence-corrected chi connectivity index (χ0v) is 12.5. The first-order valence-corrected chi connectivity index (χ1v) is 7.29. The fourth-order valence-electron chi connectivity index (χ4n) is 2.18. The van der Waals surface area contributed by atoms with Gasteiger partial charge in [0.2, 0.25) is 0 Å². The third kappa shape index (κ3) is 2.64. The standard InChI is InChI=1S/C15H15BrN2O2/c16-12-8-14-13(19-5-2-6-20-14)7-11(12)15(17)10-3-1-4-18-9-10/h1,3-4,7-9,15H,2,5-6,17H2. The molecule has 2 aromatic rings. The molecule has 0 saturated heterocycles. The Morgan fingerprint density at radius 3 is 2.65 bits per heavy atom. The SMILES string of the molecule is NC(c1cccnc1)c1cc2c(cc1Br)OCCCO2. The highest BCUT2D eigenvalue weighted by Crippen LogP contribution is 2.38. The van der Waals surface area contributed by atoms with E-state index in [1.54, 1.807) is 12.4 Å². The van der Waals surface area contributed by atoms with Gasteiger partial charge in [-0.15, -0.1) is 0 Å². The molecule has 4 nitrogen and oxygen atoms in total. The Balaban J connectivity index is 1.99. The number of fused-ring (bicyclic) bond motifs is 1. The number of pyridine rings is 1. The number of aromatic nitrogens is 1. The summed E-state index contributed by atoms with van der Waals surface area (Å²) in [6.45, 7) is 1.34. The second-order valence-corrected chi connectivity index (χ2v) is 5.49. The van der Waals surface area contributed by atoms with Crippen LogP contribution in [-0.4, -0.2) is 18.2 Å². The quantitative estimate of drug-likeness (QED) is 0.916. The smallest absolute Gasteiger partial charge is 0.162 e. The Hall–Kier alpha value is -1.59. The molecule has 1 aromatic carbocycles. The van der Waals surface area contributed by atoms with Crippen LogP contribution in [0, 0.1) is 0 Å². The topological polar surface area (TPSA) is 57.4 Å². The predicted molar refractivity (Wildman–Crippen MR) is 80.0 cm³/mol. The Labute approximate surface area is 126 Å². The lowest BCUT2D eigenvalue weighted by Gasteiger charge is -2.17. The Bertz CT molecular complexity index is 604. The number of ether oxygens (including phenoxy) is 2. The van der Waals surface area contributed by atoms with Crippen LogP contribution < -0.4 is 15.2 Å². The average molecular weight is 335 g/mol. The first kappa shape index (κ1) is 13.4. The van der Waals surface area contributed by atoms with E-state index in [-0.39, 0.29) is 6.04 Å². The zero-order valence-electron chi connectivity index (χ0n) is 10.9. The third-order valence-electron chi connectivity index (χ3n) is 3.25. The van der Waals surface area contributed by atoms with E-state index < -0.39 is 0 Å². The second-order valence-electron chi connectivity index (χ2n) is 4.63. The molecule has 2 N–H and O–H groups in total. The number of nitrogens with two attached hydrogens (primary N) is 1. The summed E-state index contributed by atoms with van der Waals surface area (Å²) < 4.78 is 12.3. The van der Waals surface area contributed by atoms with Crippen molar-refractivity contribution in [3.8, 4) is 11.5 Å². The predicted octanol–water partition coefficient (Wildman–Crippen LogP) is 3.05. The van der Waals surface area contributed by atoms with Gasteiger partial charge in [0.25, 0.3) is 0 Å². The number of benzene rings is 1. The van der Waals surface area contributed by atoms with Crippen LogP contribution in [0.2, 0.25) is 0 Å². The summed E-state index contributed by atoms with van der Waals surface area (Å²) in [5, 5.41) is 0. The molecule has 1 aromatic heterocycles. The van der Waals surface area contributed by atoms with E-state index in [0.717, 1.165) is 33.5 Å². The summed E-state index contributed by atoms with van der Waals surface area (Å²) in [4.78, 5) is 4.11. The van der Waals surface area contributed by atoms with Gasteiger partial charge in [0.15, 0.2) is 11.5 Å². The molecule has 0 spiro atoms. The van der Waals surface area contributed by atoms with Crippen LogP contribution >= 0.6 is 15.9 Å². The number of nitrogens with zero attached hydrogens (tertiary/aromatic N) is 1. The second kappa shape index (κ2) is 5.81. The summed E-state index contributed by atoms with van der Waals surface area (Å²) in [7, 11) is 0. The molecule has 0 amide bonds. The minimum atomic E-state index is -0.254. The Kier molecular flexibility index (Phi) is 3.89. The lowest BCUT2D eigenvalue weighted by molar-refractivity contribution is 0.297. The lowest BCUT2D eigenvalue weighted by atomic mass is 10.0. The molecule has 0 fully saturated rings. The first-order valence-electron chi connectivity index (χ1n) is 6.50. The van der Waals surface area contributed by atoms with Gasteiger partial charge in [-0.25, -0.2) is 0 Å². The van der Waals surface area contributed by atoms with Crippen molar-refractivity contribution >= 4 is 15.9 Å². The van der Waals surface area contributed by atoms with Crippen molar-refractivity contribution in [2.75, 3.05) is 13.2 Å². The molecule has 0 radical (unpaired) electrons. The van der Waals surface area contributed by atoms with E-state index in [0.29, 0.717) is 13.2 Å². The molecule has 0 saturated carbocycles. The molecule has 1 aliphatic heterocycles. The van der Waals surface area contributed by atoms with Crippen LogP contribution in [0.1, 0.15) is 23.6 Å².